The highest BCUT2D eigenvalue weighted by Gasteiger charge is 2.16. The van der Waals surface area contributed by atoms with Crippen LogP contribution >= 0.6 is 0 Å². The number of benzene rings is 1. The minimum Gasteiger partial charge on any atom is -0.398 e. The van der Waals surface area contributed by atoms with Crippen molar-refractivity contribution >= 4 is 5.69 Å². The highest BCUT2D eigenvalue weighted by Crippen LogP contribution is 2.26. The average Bonchev–Trinajstić information content (AvgIpc) is 2.88. The fourth-order valence-corrected chi connectivity index (χ4v) is 2.24. The van der Waals surface area contributed by atoms with Gasteiger partial charge in [-0.3, -0.25) is 0 Å². The van der Waals surface area contributed by atoms with E-state index in [1.165, 1.54) is 0 Å². The van der Waals surface area contributed by atoms with E-state index in [1.807, 2.05) is 29.8 Å². The molecule has 0 fully saturated rings. The summed E-state index contributed by atoms with van der Waals surface area (Å²) in [5.41, 5.74) is 8.79. The van der Waals surface area contributed by atoms with Gasteiger partial charge in [-0.2, -0.15) is 0 Å². The van der Waals surface area contributed by atoms with Crippen molar-refractivity contribution in [2.75, 3.05) is 5.73 Å². The van der Waals surface area contributed by atoms with Crippen molar-refractivity contribution in [2.24, 2.45) is 0 Å². The molecule has 1 aromatic heterocycles. The van der Waals surface area contributed by atoms with E-state index in [0.29, 0.717) is 6.04 Å². The highest BCUT2D eigenvalue weighted by molar-refractivity contribution is 5.63. The summed E-state index contributed by atoms with van der Waals surface area (Å²) in [6.45, 7) is 6.33. The molecule has 0 bridgehead atoms. The zero-order valence-corrected chi connectivity index (χ0v) is 11.8. The Balaban J connectivity index is 2.40. The van der Waals surface area contributed by atoms with Crippen LogP contribution < -0.4 is 5.73 Å². The Labute approximate surface area is 113 Å². The number of tetrazole rings is 1. The molecule has 0 saturated heterocycles. The molecule has 5 nitrogen and oxygen atoms in total. The lowest BCUT2D eigenvalue weighted by Crippen LogP contribution is -2.11. The maximum atomic E-state index is 5.97. The summed E-state index contributed by atoms with van der Waals surface area (Å²) < 4.78 is 1.92. The van der Waals surface area contributed by atoms with Gasteiger partial charge in [0.15, 0.2) is 5.82 Å². The van der Waals surface area contributed by atoms with Gasteiger partial charge in [0.25, 0.3) is 0 Å². The Bertz CT molecular complexity index is 547. The third-order valence-corrected chi connectivity index (χ3v) is 3.47. The highest BCUT2D eigenvalue weighted by atomic mass is 15.5. The van der Waals surface area contributed by atoms with E-state index in [1.54, 1.807) is 0 Å². The Kier molecular flexibility index (Phi) is 4.14. The van der Waals surface area contributed by atoms with Gasteiger partial charge in [0.1, 0.15) is 0 Å². The SMILES string of the molecule is CCCC(CC)n1nnnc1-c1ccc(C)c(N)c1. The molecule has 0 amide bonds. The van der Waals surface area contributed by atoms with E-state index in [4.69, 9.17) is 5.73 Å². The predicted octanol–water partition coefficient (Wildman–Crippen LogP) is 2.98. The van der Waals surface area contributed by atoms with Gasteiger partial charge in [-0.25, -0.2) is 4.68 Å². The molecule has 1 atom stereocenters. The Hall–Kier alpha value is -1.91. The second-order valence-electron chi connectivity index (χ2n) is 4.87. The van der Waals surface area contributed by atoms with Crippen molar-refractivity contribution in [3.05, 3.63) is 23.8 Å². The van der Waals surface area contributed by atoms with E-state index in [0.717, 1.165) is 41.9 Å². The minimum atomic E-state index is 0.345. The molecule has 1 aromatic carbocycles. The smallest absolute Gasteiger partial charge is 0.182 e. The summed E-state index contributed by atoms with van der Waals surface area (Å²) in [6, 6.07) is 6.31. The summed E-state index contributed by atoms with van der Waals surface area (Å²) in [6.07, 6.45) is 3.22. The number of hydrogen-bond acceptors (Lipinski definition) is 4. The normalized spacial score (nSPS) is 12.6. The van der Waals surface area contributed by atoms with E-state index < -0.39 is 0 Å². The molecule has 0 saturated carbocycles. The second-order valence-corrected chi connectivity index (χ2v) is 4.87. The molecular formula is C14H21N5. The number of aryl methyl sites for hydroxylation is 1. The monoisotopic (exact) mass is 259 g/mol. The molecule has 0 aliphatic heterocycles. The molecule has 1 heterocycles. The summed E-state index contributed by atoms with van der Waals surface area (Å²) >= 11 is 0. The minimum absolute atomic E-state index is 0.345. The third kappa shape index (κ3) is 2.75. The van der Waals surface area contributed by atoms with Gasteiger partial charge < -0.3 is 5.73 Å². The zero-order valence-electron chi connectivity index (χ0n) is 11.8. The molecule has 5 heteroatoms. The molecule has 2 rings (SSSR count). The number of nitrogens with zero attached hydrogens (tertiary/aromatic N) is 4. The van der Waals surface area contributed by atoms with Crippen molar-refractivity contribution in [3.63, 3.8) is 0 Å². The van der Waals surface area contributed by atoms with Gasteiger partial charge in [0.2, 0.25) is 0 Å². The fourth-order valence-electron chi connectivity index (χ4n) is 2.24. The first-order valence-electron chi connectivity index (χ1n) is 6.81. The number of aromatic nitrogens is 4. The summed E-state index contributed by atoms with van der Waals surface area (Å²) in [5.74, 6) is 0.798. The molecule has 102 valence electrons. The quantitative estimate of drug-likeness (QED) is 0.838. The third-order valence-electron chi connectivity index (χ3n) is 3.47. The first-order valence-corrected chi connectivity index (χ1v) is 6.81. The molecule has 19 heavy (non-hydrogen) atoms. The Morgan fingerprint density at radius 3 is 2.74 bits per heavy atom. The number of hydrogen-bond donors (Lipinski definition) is 1. The molecule has 0 spiro atoms. The van der Waals surface area contributed by atoms with Crippen LogP contribution in [0.5, 0.6) is 0 Å². The number of nitrogen functional groups attached to an aromatic ring is 1. The van der Waals surface area contributed by atoms with Gasteiger partial charge in [-0.1, -0.05) is 32.4 Å². The number of anilines is 1. The Morgan fingerprint density at radius 2 is 2.11 bits per heavy atom. The molecule has 2 aromatic rings. The van der Waals surface area contributed by atoms with E-state index in [-0.39, 0.29) is 0 Å². The van der Waals surface area contributed by atoms with Gasteiger partial charge in [0, 0.05) is 11.3 Å². The number of rotatable bonds is 5. The molecule has 0 aliphatic carbocycles. The summed E-state index contributed by atoms with van der Waals surface area (Å²) in [5, 5.41) is 12.1. The van der Waals surface area contributed by atoms with Crippen LogP contribution in [0.2, 0.25) is 0 Å². The average molecular weight is 259 g/mol. The van der Waals surface area contributed by atoms with Crippen LogP contribution in [0.25, 0.3) is 11.4 Å². The van der Waals surface area contributed by atoms with E-state index in [9.17, 15) is 0 Å². The van der Waals surface area contributed by atoms with Crippen LogP contribution in [0, 0.1) is 6.92 Å². The van der Waals surface area contributed by atoms with E-state index in [2.05, 4.69) is 29.4 Å². The molecule has 0 aliphatic rings. The maximum absolute atomic E-state index is 5.97. The molecular weight excluding hydrogens is 238 g/mol. The standard InChI is InChI=1S/C14H21N5/c1-4-6-12(5-2)19-14(16-17-18-19)11-8-7-10(3)13(15)9-11/h7-9,12H,4-6,15H2,1-3H3. The molecule has 2 N–H and O–H groups in total. The van der Waals surface area contributed by atoms with Crippen LogP contribution in [-0.2, 0) is 0 Å². The fraction of sp³-hybridized carbons (Fsp3) is 0.500. The van der Waals surface area contributed by atoms with Crippen molar-refractivity contribution in [3.8, 4) is 11.4 Å². The summed E-state index contributed by atoms with van der Waals surface area (Å²) in [4.78, 5) is 0. The maximum Gasteiger partial charge on any atom is 0.182 e. The van der Waals surface area contributed by atoms with Crippen molar-refractivity contribution in [1.82, 2.24) is 20.2 Å². The predicted molar refractivity (Wildman–Crippen MR) is 76.6 cm³/mol. The topological polar surface area (TPSA) is 69.6 Å². The first-order chi connectivity index (χ1) is 9.17. The van der Waals surface area contributed by atoms with Gasteiger partial charge in [0.05, 0.1) is 6.04 Å². The zero-order chi connectivity index (χ0) is 13.8. The van der Waals surface area contributed by atoms with Crippen LogP contribution in [0.3, 0.4) is 0 Å². The second kappa shape index (κ2) is 5.82. The lowest BCUT2D eigenvalue weighted by Gasteiger charge is -2.15. The first kappa shape index (κ1) is 13.5. The van der Waals surface area contributed by atoms with Gasteiger partial charge >= 0.3 is 0 Å². The van der Waals surface area contributed by atoms with Crippen molar-refractivity contribution < 1.29 is 0 Å². The number of nitrogens with two attached hydrogens (primary N) is 1. The van der Waals surface area contributed by atoms with Crippen LogP contribution in [0.4, 0.5) is 5.69 Å². The molecule has 0 radical (unpaired) electrons. The lowest BCUT2D eigenvalue weighted by atomic mass is 10.1. The Morgan fingerprint density at radius 1 is 1.32 bits per heavy atom. The van der Waals surface area contributed by atoms with Crippen molar-refractivity contribution in [1.29, 1.82) is 0 Å². The largest absolute Gasteiger partial charge is 0.398 e. The van der Waals surface area contributed by atoms with Crippen LogP contribution in [0.1, 0.15) is 44.7 Å². The van der Waals surface area contributed by atoms with Crippen LogP contribution in [-0.4, -0.2) is 20.2 Å². The molecule has 1 unspecified atom stereocenters. The van der Waals surface area contributed by atoms with Crippen molar-refractivity contribution in [2.45, 2.75) is 46.1 Å². The lowest BCUT2D eigenvalue weighted by molar-refractivity contribution is 0.404. The van der Waals surface area contributed by atoms with Gasteiger partial charge in [-0.15, -0.1) is 5.10 Å². The van der Waals surface area contributed by atoms with Crippen LogP contribution in [0.15, 0.2) is 18.2 Å². The summed E-state index contributed by atoms with van der Waals surface area (Å²) in [7, 11) is 0. The van der Waals surface area contributed by atoms with E-state index >= 15 is 0 Å². The van der Waals surface area contributed by atoms with Gasteiger partial charge in [-0.05, 0) is 41.8 Å².